The number of esters is 1. The highest BCUT2D eigenvalue weighted by atomic mass is 16.6. The summed E-state index contributed by atoms with van der Waals surface area (Å²) in [5.74, 6) is 4.00. The standard InChI is InChI=1S/C24H42O2/c1-16(2)17-9-11-19-18(15-17)10-12-20-23(19,6)13-8-14-24(20,7)21(25)26-22(3,4)5/h16-20H,8-15H2,1-7H3/t17?,18?,19?,20?,23-,24?/m1/s1. The quantitative estimate of drug-likeness (QED) is 0.516. The zero-order valence-corrected chi connectivity index (χ0v) is 18.4. The van der Waals surface area contributed by atoms with Gasteiger partial charge in [0.15, 0.2) is 0 Å². The summed E-state index contributed by atoms with van der Waals surface area (Å²) in [6.07, 6.45) is 10.2. The average molecular weight is 363 g/mol. The van der Waals surface area contributed by atoms with Crippen LogP contribution in [0.3, 0.4) is 0 Å². The third-order valence-electron chi connectivity index (χ3n) is 8.48. The molecule has 0 aliphatic heterocycles. The van der Waals surface area contributed by atoms with Crippen LogP contribution in [-0.2, 0) is 9.53 Å². The molecule has 6 atom stereocenters. The number of ether oxygens (including phenoxy) is 1. The molecule has 3 aliphatic rings. The lowest BCUT2D eigenvalue weighted by Gasteiger charge is -2.61. The van der Waals surface area contributed by atoms with Crippen molar-refractivity contribution in [3.8, 4) is 0 Å². The Hall–Kier alpha value is -0.530. The van der Waals surface area contributed by atoms with Crippen LogP contribution in [0.15, 0.2) is 0 Å². The fraction of sp³-hybridized carbons (Fsp3) is 0.958. The number of hydrogen-bond donors (Lipinski definition) is 0. The number of hydrogen-bond acceptors (Lipinski definition) is 2. The summed E-state index contributed by atoms with van der Waals surface area (Å²) in [7, 11) is 0. The van der Waals surface area contributed by atoms with E-state index in [1.165, 1.54) is 44.9 Å². The van der Waals surface area contributed by atoms with Crippen molar-refractivity contribution in [2.24, 2.45) is 40.4 Å². The first-order valence-electron chi connectivity index (χ1n) is 11.2. The van der Waals surface area contributed by atoms with E-state index in [1.54, 1.807) is 0 Å². The monoisotopic (exact) mass is 362 g/mol. The van der Waals surface area contributed by atoms with Crippen molar-refractivity contribution in [1.82, 2.24) is 0 Å². The molecule has 2 nitrogen and oxygen atoms in total. The van der Waals surface area contributed by atoms with E-state index in [4.69, 9.17) is 4.74 Å². The van der Waals surface area contributed by atoms with Gasteiger partial charge in [0.25, 0.3) is 0 Å². The molecule has 2 heteroatoms. The van der Waals surface area contributed by atoms with Crippen LogP contribution in [0, 0.1) is 40.4 Å². The summed E-state index contributed by atoms with van der Waals surface area (Å²) in [6, 6.07) is 0. The summed E-state index contributed by atoms with van der Waals surface area (Å²) in [4.78, 5) is 13.2. The summed E-state index contributed by atoms with van der Waals surface area (Å²) in [5.41, 5.74) is -0.352. The van der Waals surface area contributed by atoms with Gasteiger partial charge in [-0.15, -0.1) is 0 Å². The average Bonchev–Trinajstić information content (AvgIpc) is 2.52. The second-order valence-corrected chi connectivity index (χ2v) is 11.6. The minimum Gasteiger partial charge on any atom is -0.460 e. The Morgan fingerprint density at radius 1 is 1.04 bits per heavy atom. The molecular formula is C24H42O2. The lowest BCUT2D eigenvalue weighted by molar-refractivity contribution is -0.189. The molecule has 0 aromatic heterocycles. The van der Waals surface area contributed by atoms with Crippen LogP contribution < -0.4 is 0 Å². The first-order valence-corrected chi connectivity index (χ1v) is 11.2. The molecule has 0 saturated heterocycles. The van der Waals surface area contributed by atoms with Gasteiger partial charge >= 0.3 is 5.97 Å². The van der Waals surface area contributed by atoms with Crippen molar-refractivity contribution < 1.29 is 9.53 Å². The Balaban J connectivity index is 1.83. The maximum atomic E-state index is 13.2. The van der Waals surface area contributed by atoms with E-state index in [0.29, 0.717) is 11.3 Å². The van der Waals surface area contributed by atoms with Crippen LogP contribution in [0.25, 0.3) is 0 Å². The van der Waals surface area contributed by atoms with Crippen molar-refractivity contribution in [1.29, 1.82) is 0 Å². The highest BCUT2D eigenvalue weighted by Crippen LogP contribution is 2.64. The number of rotatable bonds is 2. The fourth-order valence-electron chi connectivity index (χ4n) is 7.12. The van der Waals surface area contributed by atoms with Crippen LogP contribution in [0.5, 0.6) is 0 Å². The third kappa shape index (κ3) is 3.47. The van der Waals surface area contributed by atoms with E-state index in [2.05, 4.69) is 27.7 Å². The summed E-state index contributed by atoms with van der Waals surface area (Å²) in [6.45, 7) is 15.6. The Kier molecular flexibility index (Phi) is 5.30. The fourth-order valence-corrected chi connectivity index (χ4v) is 7.12. The molecule has 0 aromatic carbocycles. The zero-order chi connectivity index (χ0) is 19.3. The lowest BCUT2D eigenvalue weighted by Crippen LogP contribution is -2.56. The minimum atomic E-state index is -0.388. The molecule has 26 heavy (non-hydrogen) atoms. The first-order chi connectivity index (χ1) is 12.0. The minimum absolute atomic E-state index is 0.0650. The van der Waals surface area contributed by atoms with Crippen molar-refractivity contribution >= 4 is 5.97 Å². The molecule has 0 radical (unpaired) electrons. The molecule has 3 aliphatic carbocycles. The maximum Gasteiger partial charge on any atom is 0.312 e. The number of fused-ring (bicyclic) bond motifs is 3. The van der Waals surface area contributed by atoms with Gasteiger partial charge in [-0.05, 0) is 108 Å². The van der Waals surface area contributed by atoms with Crippen molar-refractivity contribution in [2.45, 2.75) is 105 Å². The van der Waals surface area contributed by atoms with E-state index < -0.39 is 0 Å². The van der Waals surface area contributed by atoms with E-state index >= 15 is 0 Å². The largest absolute Gasteiger partial charge is 0.460 e. The van der Waals surface area contributed by atoms with Gasteiger partial charge in [-0.1, -0.05) is 27.2 Å². The molecule has 0 amide bonds. The van der Waals surface area contributed by atoms with E-state index in [0.717, 1.165) is 30.1 Å². The first kappa shape index (κ1) is 20.2. The topological polar surface area (TPSA) is 26.3 Å². The second-order valence-electron chi connectivity index (χ2n) is 11.6. The second kappa shape index (κ2) is 6.82. The van der Waals surface area contributed by atoms with Crippen LogP contribution >= 0.6 is 0 Å². The molecule has 3 saturated carbocycles. The third-order valence-corrected chi connectivity index (χ3v) is 8.48. The molecule has 3 rings (SSSR count). The zero-order valence-electron chi connectivity index (χ0n) is 18.4. The van der Waals surface area contributed by atoms with Crippen LogP contribution in [0.2, 0.25) is 0 Å². The molecule has 0 bridgehead atoms. The van der Waals surface area contributed by atoms with Crippen LogP contribution in [0.1, 0.15) is 99.8 Å². The Morgan fingerprint density at radius 2 is 1.73 bits per heavy atom. The van der Waals surface area contributed by atoms with Gasteiger partial charge in [0.1, 0.15) is 5.60 Å². The molecule has 0 heterocycles. The molecule has 0 N–H and O–H groups in total. The van der Waals surface area contributed by atoms with E-state index in [1.807, 2.05) is 20.8 Å². The van der Waals surface area contributed by atoms with Gasteiger partial charge < -0.3 is 4.74 Å². The summed E-state index contributed by atoms with van der Waals surface area (Å²) < 4.78 is 5.92. The molecular weight excluding hydrogens is 320 g/mol. The van der Waals surface area contributed by atoms with E-state index in [9.17, 15) is 4.79 Å². The van der Waals surface area contributed by atoms with Gasteiger partial charge in [0.05, 0.1) is 5.41 Å². The normalized spacial score (nSPS) is 43.5. The Morgan fingerprint density at radius 3 is 2.35 bits per heavy atom. The van der Waals surface area contributed by atoms with Crippen LogP contribution in [0.4, 0.5) is 0 Å². The number of carbonyl (C=O) groups excluding carboxylic acids is 1. The maximum absolute atomic E-state index is 13.2. The molecule has 3 fully saturated rings. The Labute approximate surface area is 161 Å². The van der Waals surface area contributed by atoms with Crippen LogP contribution in [-0.4, -0.2) is 11.6 Å². The van der Waals surface area contributed by atoms with Gasteiger partial charge in [-0.3, -0.25) is 4.79 Å². The predicted octanol–water partition coefficient (Wildman–Crippen LogP) is 6.62. The van der Waals surface area contributed by atoms with Gasteiger partial charge in [0, 0.05) is 0 Å². The smallest absolute Gasteiger partial charge is 0.312 e. The number of carbonyl (C=O) groups is 1. The Bertz CT molecular complexity index is 531. The SMILES string of the molecule is CC(C)C1CCC2C(CCC3C(C)(C(=O)OC(C)(C)C)CCC[C@]23C)C1. The lowest BCUT2D eigenvalue weighted by atomic mass is 9.43. The molecule has 0 aromatic rings. The molecule has 150 valence electrons. The van der Waals surface area contributed by atoms with Gasteiger partial charge in [-0.25, -0.2) is 0 Å². The summed E-state index contributed by atoms with van der Waals surface area (Å²) in [5, 5.41) is 0. The predicted molar refractivity (Wildman–Crippen MR) is 108 cm³/mol. The van der Waals surface area contributed by atoms with Gasteiger partial charge in [-0.2, -0.15) is 0 Å². The van der Waals surface area contributed by atoms with Gasteiger partial charge in [0.2, 0.25) is 0 Å². The molecule has 0 spiro atoms. The highest BCUT2D eigenvalue weighted by Gasteiger charge is 2.60. The summed E-state index contributed by atoms with van der Waals surface area (Å²) >= 11 is 0. The van der Waals surface area contributed by atoms with Crippen molar-refractivity contribution in [2.75, 3.05) is 0 Å². The van der Waals surface area contributed by atoms with Crippen molar-refractivity contribution in [3.05, 3.63) is 0 Å². The van der Waals surface area contributed by atoms with Crippen molar-refractivity contribution in [3.63, 3.8) is 0 Å². The highest BCUT2D eigenvalue weighted by molar-refractivity contribution is 5.77. The van der Waals surface area contributed by atoms with E-state index in [-0.39, 0.29) is 17.0 Å². The molecule has 5 unspecified atom stereocenters.